The highest BCUT2D eigenvalue weighted by Crippen LogP contribution is 2.19. The topological polar surface area (TPSA) is 55.1 Å². The van der Waals surface area contributed by atoms with Crippen molar-refractivity contribution in [2.75, 3.05) is 5.32 Å². The van der Waals surface area contributed by atoms with Gasteiger partial charge in [-0.2, -0.15) is 0 Å². The molecule has 0 aliphatic rings. The second kappa shape index (κ2) is 5.09. The summed E-state index contributed by atoms with van der Waals surface area (Å²) in [4.78, 5) is 11.6. The molecule has 0 spiro atoms. The lowest BCUT2D eigenvalue weighted by atomic mass is 10.0. The van der Waals surface area contributed by atoms with Gasteiger partial charge in [-0.15, -0.1) is 0 Å². The minimum absolute atomic E-state index is 0.169. The van der Waals surface area contributed by atoms with Crippen molar-refractivity contribution in [3.63, 3.8) is 0 Å². The smallest absolute Gasteiger partial charge is 0.226 e. The van der Waals surface area contributed by atoms with Gasteiger partial charge in [0.1, 0.15) is 5.82 Å². The molecule has 0 atom stereocenters. The van der Waals surface area contributed by atoms with Gasteiger partial charge in [-0.05, 0) is 54.6 Å². The zero-order valence-electron chi connectivity index (χ0n) is 9.18. The maximum atomic E-state index is 12.8. The number of hydrogen-bond donors (Lipinski definition) is 2. The summed E-state index contributed by atoms with van der Waals surface area (Å²) < 4.78 is 13.5. The molecule has 3 nitrogen and oxygen atoms in total. The van der Waals surface area contributed by atoms with Gasteiger partial charge in [0.15, 0.2) is 0 Å². The Kier molecular flexibility index (Phi) is 4.26. The Morgan fingerprint density at radius 2 is 2.19 bits per heavy atom. The monoisotopic (exact) mass is 336 g/mol. The van der Waals surface area contributed by atoms with Crippen molar-refractivity contribution in [2.24, 2.45) is 5.73 Å². The highest BCUT2D eigenvalue weighted by atomic mass is 127. The lowest BCUT2D eigenvalue weighted by molar-refractivity contribution is -0.117. The number of carbonyl (C=O) groups excluding carboxylic acids is 1. The molecule has 1 aromatic rings. The van der Waals surface area contributed by atoms with Gasteiger partial charge in [0, 0.05) is 15.5 Å². The van der Waals surface area contributed by atoms with Crippen molar-refractivity contribution in [3.8, 4) is 0 Å². The Morgan fingerprint density at radius 1 is 1.56 bits per heavy atom. The third kappa shape index (κ3) is 4.44. The van der Waals surface area contributed by atoms with E-state index < -0.39 is 5.54 Å². The average Bonchev–Trinajstić information content (AvgIpc) is 2.06. The van der Waals surface area contributed by atoms with E-state index in [1.807, 2.05) is 22.6 Å². The SMILES string of the molecule is CC(C)(N)CC(=O)Nc1ccc(F)cc1I. The van der Waals surface area contributed by atoms with Gasteiger partial charge in [0.2, 0.25) is 5.91 Å². The molecule has 3 N–H and O–H groups in total. The molecule has 16 heavy (non-hydrogen) atoms. The molecule has 0 aliphatic heterocycles. The molecule has 0 unspecified atom stereocenters. The van der Waals surface area contributed by atoms with Gasteiger partial charge < -0.3 is 11.1 Å². The number of nitrogens with one attached hydrogen (secondary N) is 1. The molecular formula is C11H14FIN2O. The number of hydrogen-bond acceptors (Lipinski definition) is 2. The first kappa shape index (κ1) is 13.4. The van der Waals surface area contributed by atoms with Crippen LogP contribution >= 0.6 is 22.6 Å². The lowest BCUT2D eigenvalue weighted by Gasteiger charge is -2.17. The van der Waals surface area contributed by atoms with Crippen molar-refractivity contribution in [2.45, 2.75) is 25.8 Å². The predicted octanol–water partition coefficient (Wildman–Crippen LogP) is 2.50. The summed E-state index contributed by atoms with van der Waals surface area (Å²) in [5.41, 5.74) is 5.79. The molecule has 0 aliphatic carbocycles. The van der Waals surface area contributed by atoms with Crippen LogP contribution in [0.25, 0.3) is 0 Å². The minimum atomic E-state index is -0.546. The largest absolute Gasteiger partial charge is 0.325 e. The maximum absolute atomic E-state index is 12.8. The zero-order valence-corrected chi connectivity index (χ0v) is 11.3. The van der Waals surface area contributed by atoms with Crippen LogP contribution in [-0.2, 0) is 4.79 Å². The summed E-state index contributed by atoms with van der Waals surface area (Å²) in [6.45, 7) is 3.56. The van der Waals surface area contributed by atoms with Crippen LogP contribution in [-0.4, -0.2) is 11.4 Å². The molecule has 0 heterocycles. The summed E-state index contributed by atoms with van der Waals surface area (Å²) in [6.07, 6.45) is 0.223. The number of anilines is 1. The molecule has 88 valence electrons. The van der Waals surface area contributed by atoms with E-state index >= 15 is 0 Å². The lowest BCUT2D eigenvalue weighted by Crippen LogP contribution is -2.36. The Labute approximate surface area is 108 Å². The van der Waals surface area contributed by atoms with Crippen molar-refractivity contribution < 1.29 is 9.18 Å². The van der Waals surface area contributed by atoms with Crippen molar-refractivity contribution in [1.82, 2.24) is 0 Å². The molecule has 1 amide bonds. The summed E-state index contributed by atoms with van der Waals surface area (Å²) in [5, 5.41) is 2.70. The van der Waals surface area contributed by atoms with E-state index in [1.165, 1.54) is 12.1 Å². The maximum Gasteiger partial charge on any atom is 0.226 e. The Morgan fingerprint density at radius 3 is 2.69 bits per heavy atom. The Hall–Kier alpha value is -0.690. The van der Waals surface area contributed by atoms with Crippen LogP contribution in [0.3, 0.4) is 0 Å². The summed E-state index contributed by atoms with van der Waals surface area (Å²) >= 11 is 1.97. The van der Waals surface area contributed by atoms with Gasteiger partial charge in [-0.1, -0.05) is 0 Å². The average molecular weight is 336 g/mol. The molecule has 0 saturated heterocycles. The number of rotatable bonds is 3. The van der Waals surface area contributed by atoms with Crippen LogP contribution < -0.4 is 11.1 Å². The van der Waals surface area contributed by atoms with E-state index in [9.17, 15) is 9.18 Å². The van der Waals surface area contributed by atoms with E-state index in [2.05, 4.69) is 5.32 Å². The van der Waals surface area contributed by atoms with Gasteiger partial charge >= 0.3 is 0 Å². The number of halogens is 2. The molecule has 5 heteroatoms. The quantitative estimate of drug-likeness (QED) is 0.834. The second-order valence-electron chi connectivity index (χ2n) is 4.34. The van der Waals surface area contributed by atoms with E-state index in [1.54, 1.807) is 19.9 Å². The minimum Gasteiger partial charge on any atom is -0.325 e. The van der Waals surface area contributed by atoms with E-state index in [-0.39, 0.29) is 18.1 Å². The number of carbonyl (C=O) groups is 1. The van der Waals surface area contributed by atoms with Gasteiger partial charge in [-0.3, -0.25) is 4.79 Å². The number of amides is 1. The van der Waals surface area contributed by atoms with Crippen molar-refractivity contribution in [1.29, 1.82) is 0 Å². The van der Waals surface area contributed by atoms with Crippen molar-refractivity contribution >= 4 is 34.2 Å². The molecule has 0 aromatic heterocycles. The first-order valence-corrected chi connectivity index (χ1v) is 5.89. The molecule has 1 rings (SSSR count). The van der Waals surface area contributed by atoms with E-state index in [0.29, 0.717) is 9.26 Å². The fourth-order valence-electron chi connectivity index (χ4n) is 1.20. The molecule has 0 fully saturated rings. The molecular weight excluding hydrogens is 322 g/mol. The normalized spacial score (nSPS) is 11.3. The third-order valence-corrected chi connectivity index (χ3v) is 2.71. The van der Waals surface area contributed by atoms with E-state index in [0.717, 1.165) is 0 Å². The van der Waals surface area contributed by atoms with Gasteiger partial charge in [0.05, 0.1) is 5.69 Å². The Balaban J connectivity index is 2.70. The Bertz CT molecular complexity index is 401. The molecule has 0 bridgehead atoms. The fraction of sp³-hybridized carbons (Fsp3) is 0.364. The highest BCUT2D eigenvalue weighted by molar-refractivity contribution is 14.1. The van der Waals surface area contributed by atoms with Crippen LogP contribution in [0.1, 0.15) is 20.3 Å². The summed E-state index contributed by atoms with van der Waals surface area (Å²) in [6, 6.07) is 4.22. The number of benzene rings is 1. The first-order chi connectivity index (χ1) is 7.28. The van der Waals surface area contributed by atoms with Crippen LogP contribution in [0.4, 0.5) is 10.1 Å². The standard InChI is InChI=1S/C11H14FIN2O/c1-11(2,14)6-10(16)15-9-4-3-7(12)5-8(9)13/h3-5H,6,14H2,1-2H3,(H,15,16). The molecule has 0 radical (unpaired) electrons. The molecule has 0 saturated carbocycles. The van der Waals surface area contributed by atoms with Crippen LogP contribution in [0.2, 0.25) is 0 Å². The molecule has 1 aromatic carbocycles. The van der Waals surface area contributed by atoms with Gasteiger partial charge in [-0.25, -0.2) is 4.39 Å². The predicted molar refractivity (Wildman–Crippen MR) is 70.6 cm³/mol. The van der Waals surface area contributed by atoms with E-state index in [4.69, 9.17) is 5.73 Å². The first-order valence-electron chi connectivity index (χ1n) is 4.82. The van der Waals surface area contributed by atoms with Crippen LogP contribution in [0.15, 0.2) is 18.2 Å². The van der Waals surface area contributed by atoms with Crippen LogP contribution in [0.5, 0.6) is 0 Å². The van der Waals surface area contributed by atoms with Crippen LogP contribution in [0, 0.1) is 9.39 Å². The van der Waals surface area contributed by atoms with Gasteiger partial charge in [0.25, 0.3) is 0 Å². The second-order valence-corrected chi connectivity index (χ2v) is 5.50. The number of nitrogens with two attached hydrogens (primary N) is 1. The highest BCUT2D eigenvalue weighted by Gasteiger charge is 2.16. The fourth-order valence-corrected chi connectivity index (χ4v) is 1.81. The summed E-state index contributed by atoms with van der Waals surface area (Å²) in [5.74, 6) is -0.487. The summed E-state index contributed by atoms with van der Waals surface area (Å²) in [7, 11) is 0. The third-order valence-electron chi connectivity index (χ3n) is 1.82. The zero-order chi connectivity index (χ0) is 12.3. The van der Waals surface area contributed by atoms with Crippen molar-refractivity contribution in [3.05, 3.63) is 27.6 Å².